The number of aromatic nitrogens is 3. The minimum atomic E-state index is 0.213. The summed E-state index contributed by atoms with van der Waals surface area (Å²) in [7, 11) is 1.64. The van der Waals surface area contributed by atoms with E-state index in [0.717, 1.165) is 33.4 Å². The third-order valence-corrected chi connectivity index (χ3v) is 5.47. The summed E-state index contributed by atoms with van der Waals surface area (Å²) < 4.78 is 14.0. The van der Waals surface area contributed by atoms with Crippen LogP contribution < -0.4 is 9.47 Å². The van der Waals surface area contributed by atoms with Gasteiger partial charge in [-0.05, 0) is 53.1 Å². The SMILES string of the molecule is COc1cc(Cn2cnc3cccnc32)cc(-c2ccc(O)cc2)c1OCc1ccccc1. The van der Waals surface area contributed by atoms with E-state index in [9.17, 15) is 5.11 Å². The molecule has 33 heavy (non-hydrogen) atoms. The quantitative estimate of drug-likeness (QED) is 0.367. The fourth-order valence-corrected chi connectivity index (χ4v) is 3.85. The van der Waals surface area contributed by atoms with Gasteiger partial charge in [0, 0.05) is 11.8 Å². The van der Waals surface area contributed by atoms with Gasteiger partial charge in [-0.1, -0.05) is 42.5 Å². The molecule has 0 aliphatic heterocycles. The van der Waals surface area contributed by atoms with E-state index in [1.807, 2.05) is 65.2 Å². The topological polar surface area (TPSA) is 69.4 Å². The van der Waals surface area contributed by atoms with Gasteiger partial charge in [0.25, 0.3) is 0 Å². The molecule has 0 saturated heterocycles. The first-order valence-electron chi connectivity index (χ1n) is 10.6. The van der Waals surface area contributed by atoms with Crippen LogP contribution >= 0.6 is 0 Å². The zero-order chi connectivity index (χ0) is 22.6. The molecule has 0 aliphatic carbocycles. The summed E-state index contributed by atoms with van der Waals surface area (Å²) in [5.41, 5.74) is 5.57. The molecule has 0 saturated carbocycles. The van der Waals surface area contributed by atoms with Gasteiger partial charge < -0.3 is 19.1 Å². The van der Waals surface area contributed by atoms with Gasteiger partial charge in [0.1, 0.15) is 17.9 Å². The van der Waals surface area contributed by atoms with Gasteiger partial charge in [0.2, 0.25) is 0 Å². The number of nitrogens with zero attached hydrogens (tertiary/aromatic N) is 3. The molecule has 0 bridgehead atoms. The number of aromatic hydroxyl groups is 1. The average Bonchev–Trinajstić information content (AvgIpc) is 3.26. The lowest BCUT2D eigenvalue weighted by atomic mass is 10.0. The van der Waals surface area contributed by atoms with E-state index in [1.165, 1.54) is 0 Å². The summed E-state index contributed by atoms with van der Waals surface area (Å²) in [6, 6.07) is 25.0. The van der Waals surface area contributed by atoms with E-state index < -0.39 is 0 Å². The maximum absolute atomic E-state index is 9.78. The lowest BCUT2D eigenvalue weighted by Crippen LogP contribution is -2.03. The van der Waals surface area contributed by atoms with Crippen molar-refractivity contribution in [3.05, 3.63) is 103 Å². The second-order valence-corrected chi connectivity index (χ2v) is 7.71. The molecule has 2 aromatic heterocycles. The molecule has 164 valence electrons. The lowest BCUT2D eigenvalue weighted by molar-refractivity contribution is 0.285. The Balaban J connectivity index is 1.56. The Hall–Kier alpha value is -4.32. The first-order valence-corrected chi connectivity index (χ1v) is 10.6. The number of fused-ring (bicyclic) bond motifs is 1. The Morgan fingerprint density at radius 3 is 2.48 bits per heavy atom. The van der Waals surface area contributed by atoms with Crippen LogP contribution in [0.25, 0.3) is 22.3 Å². The fraction of sp³-hybridized carbons (Fsp3) is 0.111. The average molecular weight is 437 g/mol. The Bertz CT molecular complexity index is 1380. The van der Waals surface area contributed by atoms with E-state index in [1.54, 1.807) is 31.8 Å². The molecule has 6 heteroatoms. The van der Waals surface area contributed by atoms with Crippen LogP contribution in [0, 0.1) is 0 Å². The van der Waals surface area contributed by atoms with Gasteiger partial charge in [-0.15, -0.1) is 0 Å². The lowest BCUT2D eigenvalue weighted by Gasteiger charge is -2.18. The Morgan fingerprint density at radius 1 is 0.879 bits per heavy atom. The number of hydrogen-bond acceptors (Lipinski definition) is 5. The maximum atomic E-state index is 9.78. The van der Waals surface area contributed by atoms with E-state index in [-0.39, 0.29) is 5.75 Å². The van der Waals surface area contributed by atoms with E-state index in [4.69, 9.17) is 9.47 Å². The van der Waals surface area contributed by atoms with Crippen LogP contribution in [-0.4, -0.2) is 26.8 Å². The van der Waals surface area contributed by atoms with Gasteiger partial charge in [-0.2, -0.15) is 0 Å². The number of benzene rings is 3. The number of pyridine rings is 1. The van der Waals surface area contributed by atoms with Crippen LogP contribution in [0.1, 0.15) is 11.1 Å². The minimum Gasteiger partial charge on any atom is -0.508 e. The van der Waals surface area contributed by atoms with Crippen LogP contribution in [0.15, 0.2) is 91.4 Å². The van der Waals surface area contributed by atoms with Crippen molar-refractivity contribution in [1.82, 2.24) is 14.5 Å². The second-order valence-electron chi connectivity index (χ2n) is 7.71. The maximum Gasteiger partial charge on any atom is 0.169 e. The first-order chi connectivity index (χ1) is 16.2. The van der Waals surface area contributed by atoms with Crippen LogP contribution in [0.4, 0.5) is 0 Å². The first kappa shape index (κ1) is 20.6. The van der Waals surface area contributed by atoms with E-state index in [0.29, 0.717) is 24.7 Å². The van der Waals surface area contributed by atoms with Crippen LogP contribution in [0.5, 0.6) is 17.2 Å². The number of imidazole rings is 1. The number of methoxy groups -OCH3 is 1. The van der Waals surface area contributed by atoms with Gasteiger partial charge in [0.15, 0.2) is 17.1 Å². The summed E-state index contributed by atoms with van der Waals surface area (Å²) >= 11 is 0. The van der Waals surface area contributed by atoms with Crippen molar-refractivity contribution >= 4 is 11.2 Å². The summed E-state index contributed by atoms with van der Waals surface area (Å²) in [6.45, 7) is 0.992. The fourth-order valence-electron chi connectivity index (χ4n) is 3.85. The molecule has 5 aromatic rings. The highest BCUT2D eigenvalue weighted by Gasteiger charge is 2.17. The summed E-state index contributed by atoms with van der Waals surface area (Å²) in [4.78, 5) is 8.91. The molecule has 0 radical (unpaired) electrons. The van der Waals surface area contributed by atoms with Crippen molar-refractivity contribution in [3.63, 3.8) is 0 Å². The Kier molecular flexibility index (Phi) is 5.64. The highest BCUT2D eigenvalue weighted by Crippen LogP contribution is 2.40. The predicted octanol–water partition coefficient (Wildman–Crippen LogP) is 5.44. The number of ether oxygens (including phenoxy) is 2. The van der Waals surface area contributed by atoms with Crippen molar-refractivity contribution < 1.29 is 14.6 Å². The van der Waals surface area contributed by atoms with Gasteiger partial charge in [-0.3, -0.25) is 0 Å². The Morgan fingerprint density at radius 2 is 1.70 bits per heavy atom. The highest BCUT2D eigenvalue weighted by atomic mass is 16.5. The molecular formula is C27H23N3O3. The zero-order valence-electron chi connectivity index (χ0n) is 18.2. The smallest absolute Gasteiger partial charge is 0.169 e. The van der Waals surface area contributed by atoms with Gasteiger partial charge >= 0.3 is 0 Å². The molecule has 2 heterocycles. The van der Waals surface area contributed by atoms with E-state index in [2.05, 4.69) is 16.0 Å². The third-order valence-electron chi connectivity index (χ3n) is 5.47. The van der Waals surface area contributed by atoms with Crippen molar-refractivity contribution in [1.29, 1.82) is 0 Å². The molecule has 6 nitrogen and oxygen atoms in total. The van der Waals surface area contributed by atoms with Crippen molar-refractivity contribution in [3.8, 4) is 28.4 Å². The zero-order valence-corrected chi connectivity index (χ0v) is 18.2. The molecule has 1 N–H and O–H groups in total. The van der Waals surface area contributed by atoms with Crippen molar-refractivity contribution in [2.45, 2.75) is 13.2 Å². The standard InChI is InChI=1S/C27H23N3O3/c1-32-25-15-20(16-30-18-29-24-8-5-13-28-27(24)30)14-23(21-9-11-22(31)12-10-21)26(25)33-17-19-6-3-2-4-7-19/h2-15,18,31H,16-17H2,1H3. The molecule has 3 aromatic carbocycles. The number of rotatable bonds is 7. The normalized spacial score (nSPS) is 10.9. The van der Waals surface area contributed by atoms with Gasteiger partial charge in [-0.25, -0.2) is 9.97 Å². The summed E-state index contributed by atoms with van der Waals surface area (Å²) in [5, 5.41) is 9.78. The predicted molar refractivity (Wildman–Crippen MR) is 127 cm³/mol. The number of phenolic OH excluding ortho intramolecular Hbond substituents is 1. The van der Waals surface area contributed by atoms with Crippen molar-refractivity contribution in [2.75, 3.05) is 7.11 Å². The van der Waals surface area contributed by atoms with Crippen LogP contribution in [-0.2, 0) is 13.2 Å². The summed E-state index contributed by atoms with van der Waals surface area (Å²) in [5.74, 6) is 1.51. The van der Waals surface area contributed by atoms with Crippen molar-refractivity contribution in [2.24, 2.45) is 0 Å². The number of hydrogen-bond donors (Lipinski definition) is 1. The molecule has 0 amide bonds. The second kappa shape index (κ2) is 9.04. The third kappa shape index (κ3) is 4.36. The Labute approximate surface area is 191 Å². The molecule has 0 aliphatic rings. The minimum absolute atomic E-state index is 0.213. The molecule has 0 spiro atoms. The molecule has 0 unspecified atom stereocenters. The largest absolute Gasteiger partial charge is 0.508 e. The molecule has 0 atom stereocenters. The highest BCUT2D eigenvalue weighted by molar-refractivity contribution is 5.75. The number of phenols is 1. The molecule has 0 fully saturated rings. The van der Waals surface area contributed by atoms with E-state index >= 15 is 0 Å². The van der Waals surface area contributed by atoms with Crippen LogP contribution in [0.2, 0.25) is 0 Å². The molecular weight excluding hydrogens is 414 g/mol. The van der Waals surface area contributed by atoms with Gasteiger partial charge in [0.05, 0.1) is 20.0 Å². The molecule has 5 rings (SSSR count). The van der Waals surface area contributed by atoms with Crippen LogP contribution in [0.3, 0.4) is 0 Å². The monoisotopic (exact) mass is 437 g/mol. The summed E-state index contributed by atoms with van der Waals surface area (Å²) in [6.07, 6.45) is 3.56.